The van der Waals surface area contributed by atoms with Crippen molar-refractivity contribution in [2.45, 2.75) is 59.4 Å². The summed E-state index contributed by atoms with van der Waals surface area (Å²) in [6.45, 7) is 6.18. The molecule has 5 N–H and O–H groups in total. The van der Waals surface area contributed by atoms with Crippen molar-refractivity contribution in [2.75, 3.05) is 26.9 Å². The Labute approximate surface area is 240 Å². The van der Waals surface area contributed by atoms with Gasteiger partial charge in [-0.2, -0.15) is 0 Å². The summed E-state index contributed by atoms with van der Waals surface area (Å²) >= 11 is 0. The van der Waals surface area contributed by atoms with Crippen LogP contribution in [-0.4, -0.2) is 65.8 Å². The van der Waals surface area contributed by atoms with Gasteiger partial charge < -0.3 is 24.9 Å². The number of carbonyl (C=O) groups excluding carboxylic acids is 3. The Balaban J connectivity index is 2.08. The number of carbonyl (C=O) groups is 4. The van der Waals surface area contributed by atoms with E-state index >= 15 is 0 Å². The second-order valence-corrected chi connectivity index (χ2v) is 9.85. The van der Waals surface area contributed by atoms with E-state index in [0.717, 1.165) is 24.8 Å². The molecule has 0 fully saturated rings. The third-order valence-electron chi connectivity index (χ3n) is 6.59. The highest BCUT2D eigenvalue weighted by atomic mass is 16.5. The van der Waals surface area contributed by atoms with Gasteiger partial charge in [0.2, 0.25) is 11.8 Å². The average Bonchev–Trinajstić information content (AvgIpc) is 3.42. The van der Waals surface area contributed by atoms with E-state index in [1.165, 1.54) is 6.07 Å². The molecule has 41 heavy (non-hydrogen) atoms. The van der Waals surface area contributed by atoms with Crippen molar-refractivity contribution in [3.8, 4) is 17.1 Å². The number of carboxylic acids is 1. The zero-order chi connectivity index (χ0) is 30.4. The summed E-state index contributed by atoms with van der Waals surface area (Å²) < 4.78 is 11.5. The van der Waals surface area contributed by atoms with E-state index in [9.17, 15) is 19.2 Å². The second-order valence-electron chi connectivity index (χ2n) is 9.85. The van der Waals surface area contributed by atoms with Crippen molar-refractivity contribution in [1.82, 2.24) is 21.0 Å². The van der Waals surface area contributed by atoms with Gasteiger partial charge in [-0.3, -0.25) is 29.3 Å². The minimum atomic E-state index is -0.931. The summed E-state index contributed by atoms with van der Waals surface area (Å²) in [6, 6.07) is 8.60. The monoisotopic (exact) mass is 574 g/mol. The topological polar surface area (TPSA) is 170 Å². The van der Waals surface area contributed by atoms with Gasteiger partial charge in [-0.1, -0.05) is 33.1 Å². The zero-order valence-electron chi connectivity index (χ0n) is 24.2. The van der Waals surface area contributed by atoms with Crippen LogP contribution in [0.25, 0.3) is 11.3 Å². The van der Waals surface area contributed by atoms with Gasteiger partial charge in [0.05, 0.1) is 25.7 Å². The maximum Gasteiger partial charge on any atom is 0.317 e. The number of furan rings is 1. The summed E-state index contributed by atoms with van der Waals surface area (Å²) in [4.78, 5) is 50.5. The Bertz CT molecular complexity index is 1170. The molecule has 2 atom stereocenters. The van der Waals surface area contributed by atoms with Gasteiger partial charge in [0.25, 0.3) is 5.91 Å². The minimum absolute atomic E-state index is 0.0335. The SMILES string of the molecule is CCCCC[C@@H](C(=O)NCNC(=O)c1ccc(-c2cc(CN(C)CC(=O)O)cc(OCC)c2)o1)[C@@H](CC)C(=O)NO. The number of amides is 3. The molecule has 0 unspecified atom stereocenters. The van der Waals surface area contributed by atoms with Crippen LogP contribution in [0.3, 0.4) is 0 Å². The van der Waals surface area contributed by atoms with Gasteiger partial charge in [-0.05, 0) is 62.7 Å². The lowest BCUT2D eigenvalue weighted by Gasteiger charge is -2.24. The summed E-state index contributed by atoms with van der Waals surface area (Å²) in [5, 5.41) is 23.4. The normalized spacial score (nSPS) is 12.4. The lowest BCUT2D eigenvalue weighted by molar-refractivity contribution is -0.140. The summed E-state index contributed by atoms with van der Waals surface area (Å²) in [7, 11) is 1.70. The van der Waals surface area contributed by atoms with E-state index in [-0.39, 0.29) is 24.9 Å². The summed E-state index contributed by atoms with van der Waals surface area (Å²) in [6.07, 6.45) is 3.48. The number of carboxylic acid groups (broad SMARTS) is 1. The van der Waals surface area contributed by atoms with E-state index < -0.39 is 29.6 Å². The molecule has 0 spiro atoms. The molecule has 0 bridgehead atoms. The van der Waals surface area contributed by atoms with Crippen LogP contribution in [0, 0.1) is 11.8 Å². The standard InChI is InChI=1S/C29H42N4O8/c1-5-8-9-10-23(22(6-2)28(37)32-39)27(36)30-18-31-29(38)25-12-11-24(41-25)20-13-19(14-21(15-20)40-7-3)16-33(4)17-26(34)35/h11-15,22-23,39H,5-10,16-18H2,1-4H3,(H,30,36)(H,31,38)(H,32,37)(H,34,35)/t22-,23-/m1/s1. The fourth-order valence-corrected chi connectivity index (χ4v) is 4.65. The lowest BCUT2D eigenvalue weighted by atomic mass is 9.84. The number of hydroxylamine groups is 1. The Kier molecular flexibility index (Phi) is 13.8. The van der Waals surface area contributed by atoms with E-state index in [0.29, 0.717) is 43.1 Å². The smallest absolute Gasteiger partial charge is 0.317 e. The maximum atomic E-state index is 12.9. The number of aliphatic carboxylic acids is 1. The number of hydrogen-bond donors (Lipinski definition) is 5. The number of nitrogens with one attached hydrogen (secondary N) is 3. The van der Waals surface area contributed by atoms with Crippen LogP contribution >= 0.6 is 0 Å². The first-order chi connectivity index (χ1) is 19.6. The number of unbranched alkanes of at least 4 members (excludes halogenated alkanes) is 2. The third-order valence-corrected chi connectivity index (χ3v) is 6.59. The lowest BCUT2D eigenvalue weighted by Crippen LogP contribution is -2.44. The van der Waals surface area contributed by atoms with Crippen LogP contribution in [0.15, 0.2) is 34.7 Å². The molecule has 12 heteroatoms. The molecule has 0 aliphatic carbocycles. The number of hydrogen-bond acceptors (Lipinski definition) is 8. The highest BCUT2D eigenvalue weighted by Crippen LogP contribution is 2.29. The third kappa shape index (κ3) is 10.5. The molecule has 0 saturated carbocycles. The van der Waals surface area contributed by atoms with Crippen molar-refractivity contribution in [3.63, 3.8) is 0 Å². The molecule has 1 aromatic carbocycles. The molecule has 0 saturated heterocycles. The largest absolute Gasteiger partial charge is 0.494 e. The average molecular weight is 575 g/mol. The first kappa shape index (κ1) is 33.3. The predicted octanol–water partition coefficient (Wildman–Crippen LogP) is 3.39. The van der Waals surface area contributed by atoms with Gasteiger partial charge in [-0.15, -0.1) is 0 Å². The van der Waals surface area contributed by atoms with Crippen LogP contribution in [0.2, 0.25) is 0 Å². The first-order valence-corrected chi connectivity index (χ1v) is 13.9. The Hall–Kier alpha value is -3.90. The number of nitrogens with zero attached hydrogens (tertiary/aromatic N) is 1. The molecule has 2 rings (SSSR count). The van der Waals surface area contributed by atoms with Crippen LogP contribution < -0.4 is 20.9 Å². The fourth-order valence-electron chi connectivity index (χ4n) is 4.65. The Morgan fingerprint density at radius 2 is 1.76 bits per heavy atom. The van der Waals surface area contributed by atoms with Crippen LogP contribution in [-0.2, 0) is 20.9 Å². The van der Waals surface area contributed by atoms with Crippen LogP contribution in [0.5, 0.6) is 5.75 Å². The van der Waals surface area contributed by atoms with Crippen molar-refractivity contribution < 1.29 is 38.6 Å². The molecule has 3 amide bonds. The molecular formula is C29H42N4O8. The Morgan fingerprint density at radius 3 is 2.39 bits per heavy atom. The van der Waals surface area contributed by atoms with Crippen molar-refractivity contribution in [1.29, 1.82) is 0 Å². The second kappa shape index (κ2) is 17.0. The molecule has 0 radical (unpaired) electrons. The van der Waals surface area contributed by atoms with Gasteiger partial charge in [0, 0.05) is 18.0 Å². The number of ether oxygens (including phenoxy) is 1. The van der Waals surface area contributed by atoms with Crippen LogP contribution in [0.4, 0.5) is 0 Å². The molecule has 0 aliphatic heterocycles. The van der Waals surface area contributed by atoms with E-state index in [1.54, 1.807) is 36.5 Å². The van der Waals surface area contributed by atoms with Crippen molar-refractivity contribution in [3.05, 3.63) is 41.7 Å². The minimum Gasteiger partial charge on any atom is -0.494 e. The van der Waals surface area contributed by atoms with Crippen LogP contribution in [0.1, 0.15) is 69.0 Å². The van der Waals surface area contributed by atoms with E-state index in [2.05, 4.69) is 10.6 Å². The van der Waals surface area contributed by atoms with Gasteiger partial charge >= 0.3 is 5.97 Å². The highest BCUT2D eigenvalue weighted by molar-refractivity contribution is 5.92. The summed E-state index contributed by atoms with van der Waals surface area (Å²) in [5.74, 6) is -2.77. The predicted molar refractivity (Wildman–Crippen MR) is 151 cm³/mol. The number of rotatable bonds is 18. The number of benzene rings is 1. The van der Waals surface area contributed by atoms with Gasteiger partial charge in [0.1, 0.15) is 11.5 Å². The zero-order valence-corrected chi connectivity index (χ0v) is 24.2. The molecular weight excluding hydrogens is 532 g/mol. The maximum absolute atomic E-state index is 12.9. The molecule has 1 aromatic heterocycles. The van der Waals surface area contributed by atoms with E-state index in [4.69, 9.17) is 19.5 Å². The number of likely N-dealkylation sites (N-methyl/N-ethyl adjacent to an activating group) is 1. The van der Waals surface area contributed by atoms with Crippen molar-refractivity contribution >= 4 is 23.7 Å². The van der Waals surface area contributed by atoms with Gasteiger partial charge in [-0.25, -0.2) is 5.48 Å². The molecule has 0 aliphatic rings. The first-order valence-electron chi connectivity index (χ1n) is 13.9. The Morgan fingerprint density at radius 1 is 1.00 bits per heavy atom. The highest BCUT2D eigenvalue weighted by Gasteiger charge is 2.32. The molecule has 226 valence electrons. The van der Waals surface area contributed by atoms with Crippen molar-refractivity contribution in [2.24, 2.45) is 11.8 Å². The molecule has 1 heterocycles. The van der Waals surface area contributed by atoms with E-state index in [1.807, 2.05) is 26.0 Å². The quantitative estimate of drug-likeness (QED) is 0.0775. The fraction of sp³-hybridized carbons (Fsp3) is 0.517. The van der Waals surface area contributed by atoms with Gasteiger partial charge in [0.15, 0.2) is 5.76 Å². The molecule has 2 aromatic rings. The molecule has 12 nitrogen and oxygen atoms in total. The summed E-state index contributed by atoms with van der Waals surface area (Å²) in [5.41, 5.74) is 3.12.